The number of nitrogens with two attached hydrogens (primary N) is 1. The molecule has 5 heteroatoms. The van der Waals surface area contributed by atoms with E-state index in [0.717, 1.165) is 35.7 Å². The summed E-state index contributed by atoms with van der Waals surface area (Å²) in [5.74, 6) is 1.64. The van der Waals surface area contributed by atoms with E-state index >= 15 is 0 Å². The molecule has 0 bridgehead atoms. The second kappa shape index (κ2) is 5.17. The van der Waals surface area contributed by atoms with Crippen LogP contribution in [0.4, 0.5) is 0 Å². The molecule has 1 aromatic heterocycles. The zero-order valence-electron chi connectivity index (χ0n) is 11.7. The predicted octanol–water partition coefficient (Wildman–Crippen LogP) is 2.44. The Morgan fingerprint density at radius 1 is 1.50 bits per heavy atom. The van der Waals surface area contributed by atoms with Gasteiger partial charge in [-0.1, -0.05) is 0 Å². The van der Waals surface area contributed by atoms with Crippen molar-refractivity contribution in [1.82, 2.24) is 9.55 Å². The Bertz CT molecular complexity index is 609. The molecular weight excluding hydrogens is 254 g/mol. The molecule has 1 unspecified atom stereocenters. The molecule has 2 N–H and O–H groups in total. The first-order chi connectivity index (χ1) is 9.72. The SMILES string of the molecule is CCn1cncc1C1C[C@H](N)c2cc(OC)ccc2O1. The molecule has 106 valence electrons. The van der Waals surface area contributed by atoms with Crippen LogP contribution >= 0.6 is 0 Å². The minimum atomic E-state index is -0.0564. The van der Waals surface area contributed by atoms with Gasteiger partial charge in [0.2, 0.25) is 0 Å². The summed E-state index contributed by atoms with van der Waals surface area (Å²) in [4.78, 5) is 4.20. The fourth-order valence-corrected chi connectivity index (χ4v) is 2.65. The van der Waals surface area contributed by atoms with Crippen molar-refractivity contribution in [2.75, 3.05) is 7.11 Å². The summed E-state index contributed by atoms with van der Waals surface area (Å²) in [6.07, 6.45) is 4.38. The van der Waals surface area contributed by atoms with Gasteiger partial charge in [-0.2, -0.15) is 0 Å². The van der Waals surface area contributed by atoms with Gasteiger partial charge < -0.3 is 19.8 Å². The van der Waals surface area contributed by atoms with Gasteiger partial charge in [0.05, 0.1) is 25.3 Å². The number of benzene rings is 1. The van der Waals surface area contributed by atoms with Gasteiger partial charge in [0.15, 0.2) is 0 Å². The highest BCUT2D eigenvalue weighted by Crippen LogP contribution is 2.41. The smallest absolute Gasteiger partial charge is 0.142 e. The fourth-order valence-electron chi connectivity index (χ4n) is 2.65. The Morgan fingerprint density at radius 2 is 2.35 bits per heavy atom. The Kier molecular flexibility index (Phi) is 3.36. The molecule has 20 heavy (non-hydrogen) atoms. The molecule has 0 saturated heterocycles. The van der Waals surface area contributed by atoms with E-state index in [9.17, 15) is 0 Å². The first kappa shape index (κ1) is 13.0. The van der Waals surface area contributed by atoms with Gasteiger partial charge in [0, 0.05) is 24.6 Å². The third-order valence-corrected chi connectivity index (χ3v) is 3.77. The van der Waals surface area contributed by atoms with Crippen LogP contribution in [0.25, 0.3) is 0 Å². The first-order valence-electron chi connectivity index (χ1n) is 6.83. The van der Waals surface area contributed by atoms with Crippen LogP contribution in [-0.4, -0.2) is 16.7 Å². The maximum Gasteiger partial charge on any atom is 0.142 e. The second-order valence-corrected chi connectivity index (χ2v) is 4.96. The largest absolute Gasteiger partial charge is 0.497 e. The van der Waals surface area contributed by atoms with Crippen LogP contribution in [0.15, 0.2) is 30.7 Å². The van der Waals surface area contributed by atoms with E-state index < -0.39 is 0 Å². The standard InChI is InChI=1S/C15H19N3O2/c1-3-18-9-17-8-13(18)15-7-12(16)11-6-10(19-2)4-5-14(11)20-15/h4-6,8-9,12,15H,3,7,16H2,1-2H3/t12-,15?/m0/s1. The lowest BCUT2D eigenvalue weighted by molar-refractivity contribution is 0.153. The van der Waals surface area contributed by atoms with Gasteiger partial charge >= 0.3 is 0 Å². The molecule has 1 aliphatic heterocycles. The van der Waals surface area contributed by atoms with E-state index in [0.29, 0.717) is 0 Å². The summed E-state index contributed by atoms with van der Waals surface area (Å²) < 4.78 is 13.4. The summed E-state index contributed by atoms with van der Waals surface area (Å²) in [5.41, 5.74) is 8.37. The number of aromatic nitrogens is 2. The lowest BCUT2D eigenvalue weighted by atomic mass is 9.95. The molecule has 0 aliphatic carbocycles. The second-order valence-electron chi connectivity index (χ2n) is 4.96. The molecular formula is C15H19N3O2. The third-order valence-electron chi connectivity index (χ3n) is 3.77. The van der Waals surface area contributed by atoms with Gasteiger partial charge in [-0.15, -0.1) is 0 Å². The molecule has 1 aromatic carbocycles. The zero-order chi connectivity index (χ0) is 14.1. The van der Waals surface area contributed by atoms with Crippen molar-refractivity contribution < 1.29 is 9.47 Å². The van der Waals surface area contributed by atoms with E-state index in [2.05, 4.69) is 16.5 Å². The van der Waals surface area contributed by atoms with E-state index in [1.165, 1.54) is 0 Å². The zero-order valence-corrected chi connectivity index (χ0v) is 11.7. The number of aryl methyl sites for hydroxylation is 1. The maximum atomic E-state index is 6.29. The molecule has 2 aromatic rings. The summed E-state index contributed by atoms with van der Waals surface area (Å²) in [5, 5.41) is 0. The molecule has 0 amide bonds. The summed E-state index contributed by atoms with van der Waals surface area (Å²) in [6, 6.07) is 5.71. The third kappa shape index (κ3) is 2.14. The van der Waals surface area contributed by atoms with Gasteiger partial charge in [0.1, 0.15) is 17.6 Å². The topological polar surface area (TPSA) is 62.3 Å². The number of fused-ring (bicyclic) bond motifs is 1. The number of rotatable bonds is 3. The molecule has 0 spiro atoms. The normalized spacial score (nSPS) is 21.1. The van der Waals surface area contributed by atoms with E-state index in [1.54, 1.807) is 7.11 Å². The molecule has 0 radical (unpaired) electrons. The highest BCUT2D eigenvalue weighted by molar-refractivity contribution is 5.44. The lowest BCUT2D eigenvalue weighted by Gasteiger charge is -2.30. The van der Waals surface area contributed by atoms with Crippen molar-refractivity contribution in [3.63, 3.8) is 0 Å². The van der Waals surface area contributed by atoms with Crippen LogP contribution < -0.4 is 15.2 Å². The highest BCUT2D eigenvalue weighted by Gasteiger charge is 2.29. The van der Waals surface area contributed by atoms with Crippen molar-refractivity contribution in [3.8, 4) is 11.5 Å². The molecule has 1 aliphatic rings. The quantitative estimate of drug-likeness (QED) is 0.933. The Labute approximate surface area is 118 Å². The van der Waals surface area contributed by atoms with Crippen LogP contribution in [0.5, 0.6) is 11.5 Å². The highest BCUT2D eigenvalue weighted by atomic mass is 16.5. The van der Waals surface area contributed by atoms with Gasteiger partial charge in [-0.05, 0) is 25.1 Å². The molecule has 5 nitrogen and oxygen atoms in total. The summed E-state index contributed by atoms with van der Waals surface area (Å²) in [7, 11) is 1.65. The summed E-state index contributed by atoms with van der Waals surface area (Å²) in [6.45, 7) is 2.96. The van der Waals surface area contributed by atoms with Crippen molar-refractivity contribution in [2.45, 2.75) is 32.0 Å². The lowest BCUT2D eigenvalue weighted by Crippen LogP contribution is -2.25. The minimum Gasteiger partial charge on any atom is -0.497 e. The maximum absolute atomic E-state index is 6.29. The number of hydrogen-bond acceptors (Lipinski definition) is 4. The van der Waals surface area contributed by atoms with E-state index in [-0.39, 0.29) is 12.1 Å². The van der Waals surface area contributed by atoms with E-state index in [1.807, 2.05) is 30.7 Å². The first-order valence-corrected chi connectivity index (χ1v) is 6.83. The van der Waals surface area contributed by atoms with Crippen LogP contribution in [0, 0.1) is 0 Å². The molecule has 3 rings (SSSR count). The Balaban J connectivity index is 1.93. The average molecular weight is 273 g/mol. The molecule has 0 fully saturated rings. The van der Waals surface area contributed by atoms with Crippen molar-refractivity contribution in [1.29, 1.82) is 0 Å². The van der Waals surface area contributed by atoms with Crippen molar-refractivity contribution in [3.05, 3.63) is 42.0 Å². The molecule has 2 heterocycles. The Morgan fingerprint density at radius 3 is 3.10 bits per heavy atom. The fraction of sp³-hybridized carbons (Fsp3) is 0.400. The van der Waals surface area contributed by atoms with E-state index in [4.69, 9.17) is 15.2 Å². The number of hydrogen-bond donors (Lipinski definition) is 1. The molecule has 0 saturated carbocycles. The van der Waals surface area contributed by atoms with Gasteiger partial charge in [0.25, 0.3) is 0 Å². The minimum absolute atomic E-state index is 0.0478. The summed E-state index contributed by atoms with van der Waals surface area (Å²) >= 11 is 0. The number of methoxy groups -OCH3 is 1. The number of nitrogens with zero attached hydrogens (tertiary/aromatic N) is 2. The number of imidazole rings is 1. The van der Waals surface area contributed by atoms with Crippen LogP contribution in [-0.2, 0) is 6.54 Å². The van der Waals surface area contributed by atoms with Crippen LogP contribution in [0.3, 0.4) is 0 Å². The monoisotopic (exact) mass is 273 g/mol. The average Bonchev–Trinajstić information content (AvgIpc) is 2.95. The van der Waals surface area contributed by atoms with Crippen molar-refractivity contribution in [2.24, 2.45) is 5.73 Å². The Hall–Kier alpha value is -2.01. The van der Waals surface area contributed by atoms with Gasteiger partial charge in [-0.3, -0.25) is 0 Å². The van der Waals surface area contributed by atoms with Crippen molar-refractivity contribution >= 4 is 0 Å². The number of ether oxygens (including phenoxy) is 2. The van der Waals surface area contributed by atoms with Gasteiger partial charge in [-0.25, -0.2) is 4.98 Å². The predicted molar refractivity (Wildman–Crippen MR) is 75.8 cm³/mol. The van der Waals surface area contributed by atoms with Crippen LogP contribution in [0.1, 0.15) is 36.7 Å². The van der Waals surface area contributed by atoms with Crippen LogP contribution in [0.2, 0.25) is 0 Å². The molecule has 2 atom stereocenters.